The molecule has 1 aromatic heterocycles. The van der Waals surface area contributed by atoms with E-state index in [0.717, 1.165) is 25.9 Å². The van der Waals surface area contributed by atoms with E-state index in [-0.39, 0.29) is 37.0 Å². The number of rotatable bonds is 6. The van der Waals surface area contributed by atoms with Gasteiger partial charge in [-0.1, -0.05) is 0 Å². The molecule has 192 valence electrons. The quantitative estimate of drug-likeness (QED) is 0.345. The number of aromatic nitrogens is 2. The highest BCUT2D eigenvalue weighted by Crippen LogP contribution is 2.21. The Balaban J connectivity index is 0.000000540. The number of hydrogen-bond acceptors (Lipinski definition) is 10. The molecule has 2 aliphatic rings. The molecule has 0 aliphatic carbocycles. The number of nitriles is 1. The van der Waals surface area contributed by atoms with Crippen molar-refractivity contribution in [3.05, 3.63) is 18.5 Å². The summed E-state index contributed by atoms with van der Waals surface area (Å²) in [6.45, 7) is 1.81. The second-order valence-electron chi connectivity index (χ2n) is 7.61. The number of carboxylic acids is 1. The van der Waals surface area contributed by atoms with Crippen LogP contribution in [0.1, 0.15) is 12.8 Å². The minimum atomic E-state index is -5.08. The highest BCUT2D eigenvalue weighted by atomic mass is 32.2. The average Bonchev–Trinajstić information content (AvgIpc) is 3.29. The Morgan fingerprint density at radius 1 is 1.29 bits per heavy atom. The molecular weight excluding hydrogens is 493 g/mol. The van der Waals surface area contributed by atoms with Crippen LogP contribution in [0.15, 0.2) is 18.5 Å². The van der Waals surface area contributed by atoms with E-state index in [4.69, 9.17) is 21.0 Å². The van der Waals surface area contributed by atoms with Crippen molar-refractivity contribution in [2.75, 3.05) is 43.1 Å². The molecule has 3 rings (SSSR count). The number of piperidine rings is 1. The molecular formula is C19H25F3N8O4S. The fourth-order valence-electron chi connectivity index (χ4n) is 3.31. The van der Waals surface area contributed by atoms with Crippen LogP contribution >= 0.6 is 11.8 Å². The van der Waals surface area contributed by atoms with Crippen LogP contribution < -0.4 is 11.2 Å². The van der Waals surface area contributed by atoms with Gasteiger partial charge in [0.05, 0.1) is 25.0 Å². The molecule has 0 bridgehead atoms. The van der Waals surface area contributed by atoms with Gasteiger partial charge in [-0.15, -0.1) is 11.8 Å². The van der Waals surface area contributed by atoms with Crippen molar-refractivity contribution >= 4 is 35.5 Å². The number of alkyl halides is 3. The van der Waals surface area contributed by atoms with Crippen LogP contribution in [0, 0.1) is 11.3 Å². The molecule has 2 aliphatic heterocycles. The molecule has 0 saturated carbocycles. The second-order valence-corrected chi connectivity index (χ2v) is 8.61. The molecule has 2 fully saturated rings. The number of nitrogens with two attached hydrogens (primary N) is 1. The first-order valence-electron chi connectivity index (χ1n) is 10.4. The lowest BCUT2D eigenvalue weighted by Crippen LogP contribution is -2.53. The number of nitrogens with one attached hydrogen (secondary N) is 1. The number of halogens is 3. The van der Waals surface area contributed by atoms with Crippen LogP contribution in [0.4, 0.5) is 19.1 Å². The van der Waals surface area contributed by atoms with Crippen molar-refractivity contribution < 1.29 is 32.7 Å². The van der Waals surface area contributed by atoms with E-state index in [1.807, 2.05) is 4.90 Å². The van der Waals surface area contributed by atoms with E-state index >= 15 is 0 Å². The van der Waals surface area contributed by atoms with Gasteiger partial charge in [0.15, 0.2) is 0 Å². The predicted octanol–water partition coefficient (Wildman–Crippen LogP) is 0.114. The summed E-state index contributed by atoms with van der Waals surface area (Å²) in [7, 11) is 0. The SMILES string of the molecule is N#C[C@@H]1CSCN1C(=O)CN(N)C1CCN(CC(=O)Nc2ncccn2)CC1.O=C(O)C(F)(F)F. The van der Waals surface area contributed by atoms with Gasteiger partial charge in [-0.25, -0.2) is 19.8 Å². The fraction of sp³-hybridized carbons (Fsp3) is 0.579. The number of likely N-dealkylation sites (tertiary alicyclic amines) is 1. The molecule has 3 heterocycles. The van der Waals surface area contributed by atoms with E-state index in [2.05, 4.69) is 21.4 Å². The number of nitrogens with zero attached hydrogens (tertiary/aromatic N) is 6. The van der Waals surface area contributed by atoms with E-state index in [0.29, 0.717) is 17.6 Å². The minimum absolute atomic E-state index is 0.0801. The summed E-state index contributed by atoms with van der Waals surface area (Å²) in [5.41, 5.74) is 0. The monoisotopic (exact) mass is 518 g/mol. The van der Waals surface area contributed by atoms with Gasteiger partial charge in [0.2, 0.25) is 17.8 Å². The van der Waals surface area contributed by atoms with Gasteiger partial charge in [-0.3, -0.25) is 25.6 Å². The smallest absolute Gasteiger partial charge is 0.475 e. The van der Waals surface area contributed by atoms with Crippen molar-refractivity contribution in [3.8, 4) is 6.07 Å². The minimum Gasteiger partial charge on any atom is -0.475 e. The lowest BCUT2D eigenvalue weighted by Gasteiger charge is -2.36. The summed E-state index contributed by atoms with van der Waals surface area (Å²) in [4.78, 5) is 45.0. The average molecular weight is 519 g/mol. The van der Waals surface area contributed by atoms with Crippen molar-refractivity contribution in [3.63, 3.8) is 0 Å². The third-order valence-corrected chi connectivity index (χ3v) is 6.13. The summed E-state index contributed by atoms with van der Waals surface area (Å²) < 4.78 is 31.7. The number of hydrazine groups is 1. The Morgan fingerprint density at radius 3 is 2.43 bits per heavy atom. The number of thioether (sulfide) groups is 1. The molecule has 16 heteroatoms. The molecule has 2 saturated heterocycles. The van der Waals surface area contributed by atoms with Crippen LogP contribution in [-0.4, -0.2) is 104 Å². The Kier molecular flexibility index (Phi) is 10.6. The summed E-state index contributed by atoms with van der Waals surface area (Å²) in [6.07, 6.45) is -0.388. The molecule has 0 unspecified atom stereocenters. The molecule has 2 amide bonds. The third kappa shape index (κ3) is 9.28. The highest BCUT2D eigenvalue weighted by molar-refractivity contribution is 7.99. The molecule has 35 heavy (non-hydrogen) atoms. The van der Waals surface area contributed by atoms with E-state index < -0.39 is 12.1 Å². The molecule has 0 aromatic carbocycles. The van der Waals surface area contributed by atoms with Gasteiger partial charge >= 0.3 is 12.1 Å². The topological polar surface area (TPSA) is 169 Å². The Labute approximate surface area is 203 Å². The normalized spacial score (nSPS) is 19.0. The van der Waals surface area contributed by atoms with Gasteiger partial charge in [0.25, 0.3) is 0 Å². The van der Waals surface area contributed by atoms with Gasteiger partial charge in [-0.05, 0) is 18.9 Å². The zero-order valence-corrected chi connectivity index (χ0v) is 19.3. The van der Waals surface area contributed by atoms with Crippen molar-refractivity contribution in [2.24, 2.45) is 5.84 Å². The van der Waals surface area contributed by atoms with Crippen LogP contribution in [0.5, 0.6) is 0 Å². The largest absolute Gasteiger partial charge is 0.490 e. The summed E-state index contributed by atoms with van der Waals surface area (Å²) in [6, 6.07) is 3.57. The maximum absolute atomic E-state index is 12.4. The third-order valence-electron chi connectivity index (χ3n) is 5.12. The fourth-order valence-corrected chi connectivity index (χ4v) is 4.42. The van der Waals surface area contributed by atoms with E-state index in [1.54, 1.807) is 40.1 Å². The number of carbonyl (C=O) groups is 3. The van der Waals surface area contributed by atoms with E-state index in [1.165, 1.54) is 0 Å². The molecule has 4 N–H and O–H groups in total. The Morgan fingerprint density at radius 2 is 1.89 bits per heavy atom. The number of hydrogen-bond donors (Lipinski definition) is 3. The molecule has 0 spiro atoms. The summed E-state index contributed by atoms with van der Waals surface area (Å²) in [5.74, 6) is 4.61. The first-order chi connectivity index (χ1) is 16.5. The summed E-state index contributed by atoms with van der Waals surface area (Å²) >= 11 is 1.58. The summed E-state index contributed by atoms with van der Waals surface area (Å²) in [5, 5.41) is 20.5. The maximum atomic E-state index is 12.4. The van der Waals surface area contributed by atoms with Crippen LogP contribution in [0.25, 0.3) is 0 Å². The Hall–Kier alpha value is -3.00. The maximum Gasteiger partial charge on any atom is 0.490 e. The lowest BCUT2D eigenvalue weighted by atomic mass is 10.0. The van der Waals surface area contributed by atoms with Crippen LogP contribution in [0.2, 0.25) is 0 Å². The molecule has 1 atom stereocenters. The van der Waals surface area contributed by atoms with Crippen LogP contribution in [-0.2, 0) is 14.4 Å². The van der Waals surface area contributed by atoms with Gasteiger partial charge in [-0.2, -0.15) is 18.4 Å². The molecule has 0 radical (unpaired) electrons. The second kappa shape index (κ2) is 13.2. The number of carbonyl (C=O) groups excluding carboxylic acids is 2. The van der Waals surface area contributed by atoms with E-state index in [9.17, 15) is 22.8 Å². The number of carboxylic acid groups (broad SMARTS) is 1. The van der Waals surface area contributed by atoms with Gasteiger partial charge < -0.3 is 10.0 Å². The van der Waals surface area contributed by atoms with Gasteiger partial charge in [0, 0.05) is 37.3 Å². The van der Waals surface area contributed by atoms with Crippen LogP contribution in [0.3, 0.4) is 0 Å². The predicted molar refractivity (Wildman–Crippen MR) is 118 cm³/mol. The number of amides is 2. The first-order valence-corrected chi connectivity index (χ1v) is 11.5. The van der Waals surface area contributed by atoms with Crippen molar-refractivity contribution in [2.45, 2.75) is 31.1 Å². The highest BCUT2D eigenvalue weighted by Gasteiger charge is 2.38. The molecule has 12 nitrogen and oxygen atoms in total. The van der Waals surface area contributed by atoms with Crippen molar-refractivity contribution in [1.82, 2.24) is 24.8 Å². The number of aliphatic carboxylic acids is 1. The van der Waals surface area contributed by atoms with Gasteiger partial charge in [0.1, 0.15) is 6.04 Å². The van der Waals surface area contributed by atoms with Crippen molar-refractivity contribution in [1.29, 1.82) is 5.26 Å². The lowest BCUT2D eigenvalue weighted by molar-refractivity contribution is -0.192. The zero-order chi connectivity index (χ0) is 26.0. The number of anilines is 1. The molecule has 1 aromatic rings. The first kappa shape index (κ1) is 28.2. The standard InChI is InChI=1S/C17H24N8O2S.C2HF3O2/c18-8-14-11-28-12-24(14)16(27)10-25(19)13-2-6-23(7-3-13)9-15(26)22-17-20-4-1-5-21-17;3-2(4,5)1(6)7/h1,4-5,13-14H,2-3,6-7,9-12,19H2,(H,20,21,22,26);(H,6,7)/t14-;/m1./s1. The Bertz CT molecular complexity index is 910. The zero-order valence-electron chi connectivity index (χ0n) is 18.5.